The van der Waals surface area contributed by atoms with E-state index in [4.69, 9.17) is 14.3 Å². The lowest BCUT2D eigenvalue weighted by molar-refractivity contribution is 0.0656. The number of furan rings is 1. The molecule has 0 radical (unpaired) electrons. The Morgan fingerprint density at radius 2 is 2.32 bits per heavy atom. The van der Waals surface area contributed by atoms with E-state index in [1.165, 1.54) is 10.4 Å². The molecule has 1 atom stereocenters. The van der Waals surface area contributed by atoms with Gasteiger partial charge in [0.2, 0.25) is 10.9 Å². The van der Waals surface area contributed by atoms with E-state index in [0.29, 0.717) is 19.7 Å². The summed E-state index contributed by atoms with van der Waals surface area (Å²) >= 11 is 0. The highest BCUT2D eigenvalue weighted by Crippen LogP contribution is 2.25. The Morgan fingerprint density at radius 1 is 1.58 bits per heavy atom. The number of sulfonamides is 1. The van der Waals surface area contributed by atoms with Crippen LogP contribution in [0.25, 0.3) is 0 Å². The molecule has 19 heavy (non-hydrogen) atoms. The summed E-state index contributed by atoms with van der Waals surface area (Å²) in [6.07, 6.45) is 0.722. The fourth-order valence-electron chi connectivity index (χ4n) is 2.09. The molecule has 1 aromatic heterocycles. The van der Waals surface area contributed by atoms with E-state index >= 15 is 0 Å². The Morgan fingerprint density at radius 3 is 2.89 bits per heavy atom. The van der Waals surface area contributed by atoms with Gasteiger partial charge in [0.15, 0.2) is 0 Å². The topological polar surface area (TPSA) is 97.0 Å². The standard InChI is InChI=1S/C11H15NO6S/c1-17-7-8-4-5-12(6-8)19(15,16)10-3-2-9(18-10)11(13)14/h2-3,8H,4-7H2,1H3,(H,13,14). The molecule has 8 heteroatoms. The van der Waals surface area contributed by atoms with Crippen LogP contribution >= 0.6 is 0 Å². The first-order valence-corrected chi connectivity index (χ1v) is 7.21. The SMILES string of the molecule is COCC1CCN(S(=O)(=O)c2ccc(C(=O)O)o2)C1. The lowest BCUT2D eigenvalue weighted by Crippen LogP contribution is -2.29. The van der Waals surface area contributed by atoms with Gasteiger partial charge in [0.05, 0.1) is 6.61 Å². The highest BCUT2D eigenvalue weighted by Gasteiger charge is 2.34. The maximum atomic E-state index is 12.2. The van der Waals surface area contributed by atoms with Gasteiger partial charge >= 0.3 is 5.97 Å². The summed E-state index contributed by atoms with van der Waals surface area (Å²) in [4.78, 5) is 10.7. The zero-order valence-electron chi connectivity index (χ0n) is 10.4. The van der Waals surface area contributed by atoms with Crippen LogP contribution in [-0.4, -0.2) is 50.6 Å². The second-order valence-electron chi connectivity index (χ2n) is 4.40. The van der Waals surface area contributed by atoms with Crippen molar-refractivity contribution in [1.29, 1.82) is 0 Å². The second-order valence-corrected chi connectivity index (χ2v) is 6.27. The third kappa shape index (κ3) is 2.80. The highest BCUT2D eigenvalue weighted by atomic mass is 32.2. The minimum absolute atomic E-state index is 0.161. The Hall–Kier alpha value is -1.38. The molecule has 7 nitrogen and oxygen atoms in total. The third-order valence-electron chi connectivity index (χ3n) is 3.04. The van der Waals surface area contributed by atoms with Crippen LogP contribution in [0.5, 0.6) is 0 Å². The van der Waals surface area contributed by atoms with Crippen LogP contribution in [0.3, 0.4) is 0 Å². The van der Waals surface area contributed by atoms with Crippen molar-refractivity contribution in [2.75, 3.05) is 26.8 Å². The van der Waals surface area contributed by atoms with Crippen molar-refractivity contribution in [3.8, 4) is 0 Å². The van der Waals surface area contributed by atoms with Crippen LogP contribution in [0.15, 0.2) is 21.6 Å². The number of hydrogen-bond acceptors (Lipinski definition) is 5. The summed E-state index contributed by atoms with van der Waals surface area (Å²) in [6.45, 7) is 1.25. The van der Waals surface area contributed by atoms with Crippen LogP contribution < -0.4 is 0 Å². The fraction of sp³-hybridized carbons (Fsp3) is 0.545. The van der Waals surface area contributed by atoms with Crippen LogP contribution in [0.2, 0.25) is 0 Å². The average Bonchev–Trinajstić information content (AvgIpc) is 2.98. The highest BCUT2D eigenvalue weighted by molar-refractivity contribution is 7.89. The maximum Gasteiger partial charge on any atom is 0.371 e. The number of nitrogens with zero attached hydrogens (tertiary/aromatic N) is 1. The zero-order valence-corrected chi connectivity index (χ0v) is 11.2. The molecule has 1 unspecified atom stereocenters. The summed E-state index contributed by atoms with van der Waals surface area (Å²) in [6, 6.07) is 2.31. The molecule has 1 fully saturated rings. The fourth-order valence-corrected chi connectivity index (χ4v) is 3.53. The Kier molecular flexibility index (Phi) is 3.93. The molecule has 0 aliphatic carbocycles. The minimum atomic E-state index is -3.75. The van der Waals surface area contributed by atoms with Gasteiger partial charge in [0.25, 0.3) is 10.0 Å². The van der Waals surface area contributed by atoms with Crippen LogP contribution in [0, 0.1) is 5.92 Å². The molecule has 0 aromatic carbocycles. The van der Waals surface area contributed by atoms with E-state index in [-0.39, 0.29) is 16.8 Å². The zero-order chi connectivity index (χ0) is 14.0. The van der Waals surface area contributed by atoms with E-state index in [9.17, 15) is 13.2 Å². The molecule has 1 saturated heterocycles. The summed E-state index contributed by atoms with van der Waals surface area (Å²) in [5.41, 5.74) is 0. The monoisotopic (exact) mass is 289 g/mol. The van der Waals surface area contributed by atoms with E-state index in [2.05, 4.69) is 0 Å². The Labute approximate surface area is 110 Å². The maximum absolute atomic E-state index is 12.2. The molecule has 2 rings (SSSR count). The predicted octanol–water partition coefficient (Wildman–Crippen LogP) is 0.635. The molecule has 1 aromatic rings. The molecule has 1 aliphatic rings. The molecule has 0 bridgehead atoms. The van der Waals surface area contributed by atoms with Crippen LogP contribution in [0.1, 0.15) is 17.0 Å². The molecule has 0 spiro atoms. The first kappa shape index (κ1) is 14.0. The van der Waals surface area contributed by atoms with E-state index < -0.39 is 16.0 Å². The normalized spacial score (nSPS) is 20.8. The number of carboxylic acid groups (broad SMARTS) is 1. The first-order chi connectivity index (χ1) is 8.95. The van der Waals surface area contributed by atoms with Crippen molar-refractivity contribution in [3.05, 3.63) is 17.9 Å². The van der Waals surface area contributed by atoms with Gasteiger partial charge in [-0.15, -0.1) is 0 Å². The molecule has 2 heterocycles. The Balaban J connectivity index is 2.16. The Bertz CT molecular complexity index is 563. The average molecular weight is 289 g/mol. The number of ether oxygens (including phenoxy) is 1. The molecule has 0 amide bonds. The summed E-state index contributed by atoms with van der Waals surface area (Å²) in [5.74, 6) is -1.51. The van der Waals surface area contributed by atoms with Crippen molar-refractivity contribution in [2.24, 2.45) is 5.92 Å². The number of rotatable bonds is 5. The van der Waals surface area contributed by atoms with Crippen molar-refractivity contribution in [1.82, 2.24) is 4.31 Å². The molecular weight excluding hydrogens is 274 g/mol. The van der Waals surface area contributed by atoms with Crippen molar-refractivity contribution in [2.45, 2.75) is 11.5 Å². The van der Waals surface area contributed by atoms with Crippen LogP contribution in [0.4, 0.5) is 0 Å². The number of carbonyl (C=O) groups is 1. The number of methoxy groups -OCH3 is 1. The van der Waals surface area contributed by atoms with Crippen LogP contribution in [-0.2, 0) is 14.8 Å². The van der Waals surface area contributed by atoms with Gasteiger partial charge in [-0.05, 0) is 24.5 Å². The lowest BCUT2D eigenvalue weighted by atomic mass is 10.1. The van der Waals surface area contributed by atoms with Gasteiger partial charge in [-0.1, -0.05) is 0 Å². The third-order valence-corrected chi connectivity index (χ3v) is 4.78. The molecule has 0 saturated carbocycles. The summed E-state index contributed by atoms with van der Waals surface area (Å²) in [5, 5.41) is 8.39. The number of aromatic carboxylic acids is 1. The van der Waals surface area contributed by atoms with Gasteiger partial charge in [-0.3, -0.25) is 0 Å². The van der Waals surface area contributed by atoms with Gasteiger partial charge in [0, 0.05) is 20.2 Å². The molecule has 1 N–H and O–H groups in total. The first-order valence-electron chi connectivity index (χ1n) is 5.77. The quantitative estimate of drug-likeness (QED) is 0.854. The number of hydrogen-bond donors (Lipinski definition) is 1. The summed E-state index contributed by atoms with van der Waals surface area (Å²) in [7, 11) is -2.18. The molecule has 106 valence electrons. The van der Waals surface area contributed by atoms with Gasteiger partial charge < -0.3 is 14.3 Å². The van der Waals surface area contributed by atoms with Crippen molar-refractivity contribution >= 4 is 16.0 Å². The van der Waals surface area contributed by atoms with E-state index in [0.717, 1.165) is 12.5 Å². The summed E-state index contributed by atoms with van der Waals surface area (Å²) < 4.78 is 35.6. The lowest BCUT2D eigenvalue weighted by Gasteiger charge is -2.14. The minimum Gasteiger partial charge on any atom is -0.475 e. The van der Waals surface area contributed by atoms with E-state index in [1.54, 1.807) is 7.11 Å². The second kappa shape index (κ2) is 5.32. The number of carboxylic acids is 1. The smallest absolute Gasteiger partial charge is 0.371 e. The van der Waals surface area contributed by atoms with Gasteiger partial charge in [-0.25, -0.2) is 13.2 Å². The molecular formula is C11H15NO6S. The van der Waals surface area contributed by atoms with Crippen molar-refractivity contribution < 1.29 is 27.5 Å². The predicted molar refractivity (Wildman–Crippen MR) is 64.4 cm³/mol. The largest absolute Gasteiger partial charge is 0.475 e. The van der Waals surface area contributed by atoms with Gasteiger partial charge in [-0.2, -0.15) is 4.31 Å². The van der Waals surface area contributed by atoms with E-state index in [1.807, 2.05) is 0 Å². The molecule has 1 aliphatic heterocycles. The van der Waals surface area contributed by atoms with Gasteiger partial charge in [0.1, 0.15) is 0 Å². The van der Waals surface area contributed by atoms with Crippen molar-refractivity contribution in [3.63, 3.8) is 0 Å².